The highest BCUT2D eigenvalue weighted by atomic mass is 16.2. The van der Waals surface area contributed by atoms with Crippen molar-refractivity contribution in [1.82, 2.24) is 14.8 Å². The smallest absolute Gasteiger partial charge is 0.228 e. The number of pyridine rings is 1. The van der Waals surface area contributed by atoms with E-state index in [9.17, 15) is 4.79 Å². The molecule has 4 heteroatoms. The van der Waals surface area contributed by atoms with Crippen LogP contribution in [0, 0.1) is 11.3 Å². The Morgan fingerprint density at radius 3 is 2.65 bits per heavy atom. The molecule has 1 saturated carbocycles. The van der Waals surface area contributed by atoms with Gasteiger partial charge in [-0.1, -0.05) is 0 Å². The number of aromatic nitrogens is 1. The van der Waals surface area contributed by atoms with E-state index in [-0.39, 0.29) is 5.41 Å². The van der Waals surface area contributed by atoms with Gasteiger partial charge in [0.1, 0.15) is 0 Å². The largest absolute Gasteiger partial charge is 0.342 e. The monoisotopic (exact) mass is 313 g/mol. The van der Waals surface area contributed by atoms with E-state index < -0.39 is 0 Å². The lowest BCUT2D eigenvalue weighted by molar-refractivity contribution is -0.136. The zero-order chi connectivity index (χ0) is 15.7. The van der Waals surface area contributed by atoms with E-state index in [2.05, 4.69) is 26.9 Å². The van der Waals surface area contributed by atoms with Crippen molar-refractivity contribution in [3.63, 3.8) is 0 Å². The summed E-state index contributed by atoms with van der Waals surface area (Å²) in [7, 11) is 0. The highest BCUT2D eigenvalue weighted by molar-refractivity contribution is 5.85. The number of nitrogens with zero attached hydrogens (tertiary/aromatic N) is 3. The SMILES string of the molecule is O=C1N(CC2CC2)CCC12CCCN(Cc1ccncc1)CC2. The van der Waals surface area contributed by atoms with Crippen molar-refractivity contribution in [3.8, 4) is 0 Å². The zero-order valence-electron chi connectivity index (χ0n) is 13.9. The molecular formula is C19H27N3O. The Balaban J connectivity index is 1.38. The molecule has 1 unspecified atom stereocenters. The van der Waals surface area contributed by atoms with Crippen molar-refractivity contribution in [2.75, 3.05) is 26.2 Å². The summed E-state index contributed by atoms with van der Waals surface area (Å²) in [5.74, 6) is 1.28. The van der Waals surface area contributed by atoms with Gasteiger partial charge in [0.15, 0.2) is 0 Å². The van der Waals surface area contributed by atoms with Gasteiger partial charge in [0.25, 0.3) is 0 Å². The first-order valence-corrected chi connectivity index (χ1v) is 9.16. The summed E-state index contributed by atoms with van der Waals surface area (Å²) in [6, 6.07) is 4.19. The first-order valence-electron chi connectivity index (χ1n) is 9.16. The van der Waals surface area contributed by atoms with E-state index in [4.69, 9.17) is 0 Å². The van der Waals surface area contributed by atoms with E-state index in [0.29, 0.717) is 5.91 Å². The van der Waals surface area contributed by atoms with Gasteiger partial charge < -0.3 is 4.90 Å². The maximum absolute atomic E-state index is 13.0. The summed E-state index contributed by atoms with van der Waals surface area (Å²) < 4.78 is 0. The molecule has 4 nitrogen and oxygen atoms in total. The topological polar surface area (TPSA) is 36.4 Å². The number of rotatable bonds is 4. The molecule has 1 aromatic rings. The van der Waals surface area contributed by atoms with Crippen LogP contribution < -0.4 is 0 Å². The fraction of sp³-hybridized carbons (Fsp3) is 0.684. The van der Waals surface area contributed by atoms with Gasteiger partial charge in [0.2, 0.25) is 5.91 Å². The lowest BCUT2D eigenvalue weighted by atomic mass is 9.79. The van der Waals surface area contributed by atoms with Crippen molar-refractivity contribution >= 4 is 5.91 Å². The minimum Gasteiger partial charge on any atom is -0.342 e. The minimum absolute atomic E-state index is 0.0398. The second-order valence-corrected chi connectivity index (χ2v) is 7.71. The van der Waals surface area contributed by atoms with Gasteiger partial charge in [-0.25, -0.2) is 0 Å². The number of likely N-dealkylation sites (tertiary alicyclic amines) is 2. The molecule has 0 N–H and O–H groups in total. The van der Waals surface area contributed by atoms with Gasteiger partial charge in [0.05, 0.1) is 5.41 Å². The van der Waals surface area contributed by atoms with Gasteiger partial charge in [-0.15, -0.1) is 0 Å². The number of carbonyl (C=O) groups excluding carboxylic acids is 1. The molecule has 0 bridgehead atoms. The lowest BCUT2D eigenvalue weighted by Crippen LogP contribution is -2.36. The van der Waals surface area contributed by atoms with Crippen LogP contribution in [-0.2, 0) is 11.3 Å². The first kappa shape index (κ1) is 15.1. The molecule has 2 saturated heterocycles. The van der Waals surface area contributed by atoms with Crippen LogP contribution in [-0.4, -0.2) is 46.9 Å². The van der Waals surface area contributed by atoms with E-state index >= 15 is 0 Å². The number of hydrogen-bond acceptors (Lipinski definition) is 3. The number of amides is 1. The maximum Gasteiger partial charge on any atom is 0.228 e. The maximum atomic E-state index is 13.0. The summed E-state index contributed by atoms with van der Waals surface area (Å²) in [6.45, 7) is 5.17. The van der Waals surface area contributed by atoms with Crippen LogP contribution >= 0.6 is 0 Å². The molecule has 0 radical (unpaired) electrons. The molecule has 1 atom stereocenters. The second kappa shape index (κ2) is 6.23. The molecule has 0 aromatic carbocycles. The molecule has 3 heterocycles. The Hall–Kier alpha value is -1.42. The van der Waals surface area contributed by atoms with Gasteiger partial charge >= 0.3 is 0 Å². The molecule has 2 aliphatic heterocycles. The second-order valence-electron chi connectivity index (χ2n) is 7.71. The Kier molecular flexibility index (Phi) is 4.10. The molecule has 1 spiro atoms. The van der Waals surface area contributed by atoms with Gasteiger partial charge in [-0.3, -0.25) is 14.7 Å². The van der Waals surface area contributed by atoms with Crippen LogP contribution in [0.5, 0.6) is 0 Å². The van der Waals surface area contributed by atoms with Crippen molar-refractivity contribution in [1.29, 1.82) is 0 Å². The highest BCUT2D eigenvalue weighted by Crippen LogP contribution is 2.43. The minimum atomic E-state index is -0.0398. The predicted molar refractivity (Wildman–Crippen MR) is 89.7 cm³/mol. The molecule has 3 fully saturated rings. The third-order valence-electron chi connectivity index (χ3n) is 5.97. The van der Waals surface area contributed by atoms with Crippen LogP contribution in [0.3, 0.4) is 0 Å². The quantitative estimate of drug-likeness (QED) is 0.857. The van der Waals surface area contributed by atoms with Crippen LogP contribution in [0.4, 0.5) is 0 Å². The van der Waals surface area contributed by atoms with Crippen molar-refractivity contribution in [2.24, 2.45) is 11.3 Å². The summed E-state index contributed by atoms with van der Waals surface area (Å²) in [5.41, 5.74) is 1.28. The Morgan fingerprint density at radius 1 is 1.09 bits per heavy atom. The Morgan fingerprint density at radius 2 is 1.87 bits per heavy atom. The fourth-order valence-electron chi connectivity index (χ4n) is 4.30. The summed E-state index contributed by atoms with van der Waals surface area (Å²) in [4.78, 5) is 21.7. The van der Waals surface area contributed by atoms with E-state index in [1.165, 1.54) is 18.4 Å². The lowest BCUT2D eigenvalue weighted by Gasteiger charge is -2.27. The van der Waals surface area contributed by atoms with Gasteiger partial charge in [-0.05, 0) is 75.2 Å². The van der Waals surface area contributed by atoms with Gasteiger partial charge in [-0.2, -0.15) is 0 Å². The van der Waals surface area contributed by atoms with Crippen molar-refractivity contribution < 1.29 is 4.79 Å². The highest BCUT2D eigenvalue weighted by Gasteiger charge is 2.47. The zero-order valence-corrected chi connectivity index (χ0v) is 13.9. The molecule has 1 aromatic heterocycles. The molecule has 1 aliphatic carbocycles. The van der Waals surface area contributed by atoms with E-state index in [0.717, 1.165) is 64.3 Å². The first-order chi connectivity index (χ1) is 11.3. The third-order valence-corrected chi connectivity index (χ3v) is 5.97. The fourth-order valence-corrected chi connectivity index (χ4v) is 4.30. The Labute approximate surface area is 138 Å². The number of carbonyl (C=O) groups is 1. The van der Waals surface area contributed by atoms with E-state index in [1.807, 2.05) is 12.4 Å². The standard InChI is InChI=1S/C19H27N3O/c23-18-19(8-13-22(18)15-16-2-3-16)6-1-11-21(12-7-19)14-17-4-9-20-10-5-17/h4-5,9-10,16H,1-3,6-8,11-15H2. The Bertz CT molecular complexity index is 557. The molecular weight excluding hydrogens is 286 g/mol. The van der Waals surface area contributed by atoms with Crippen molar-refractivity contribution in [3.05, 3.63) is 30.1 Å². The normalized spacial score (nSPS) is 29.2. The molecule has 124 valence electrons. The van der Waals surface area contributed by atoms with Crippen LogP contribution in [0.25, 0.3) is 0 Å². The van der Waals surface area contributed by atoms with Crippen molar-refractivity contribution in [2.45, 2.75) is 45.1 Å². The molecule has 3 aliphatic rings. The van der Waals surface area contributed by atoms with Crippen LogP contribution in [0.1, 0.15) is 44.1 Å². The van der Waals surface area contributed by atoms with Gasteiger partial charge in [0, 0.05) is 32.0 Å². The molecule has 23 heavy (non-hydrogen) atoms. The predicted octanol–water partition coefficient (Wildman–Crippen LogP) is 2.70. The molecule has 1 amide bonds. The summed E-state index contributed by atoms with van der Waals surface area (Å²) in [5, 5.41) is 0. The van der Waals surface area contributed by atoms with Crippen LogP contribution in [0.2, 0.25) is 0 Å². The van der Waals surface area contributed by atoms with E-state index in [1.54, 1.807) is 0 Å². The summed E-state index contributed by atoms with van der Waals surface area (Å²) >= 11 is 0. The van der Waals surface area contributed by atoms with Crippen LogP contribution in [0.15, 0.2) is 24.5 Å². The average Bonchev–Trinajstić information content (AvgIpc) is 3.36. The average molecular weight is 313 g/mol. The molecule has 4 rings (SSSR count). The third kappa shape index (κ3) is 3.27. The number of hydrogen-bond donors (Lipinski definition) is 0. The summed E-state index contributed by atoms with van der Waals surface area (Å²) in [6.07, 6.45) is 10.7.